The van der Waals surface area contributed by atoms with Crippen LogP contribution in [0.4, 0.5) is 13.2 Å². The molecule has 4 rings (SSSR count). The molecule has 7 heteroatoms. The lowest BCUT2D eigenvalue weighted by molar-refractivity contribution is -0.142. The number of halogens is 3. The van der Waals surface area contributed by atoms with Crippen molar-refractivity contribution in [1.29, 1.82) is 0 Å². The summed E-state index contributed by atoms with van der Waals surface area (Å²) in [6.07, 6.45) is -0.000708. The first-order valence-electron chi connectivity index (χ1n) is 7.03. The van der Waals surface area contributed by atoms with Gasteiger partial charge in [0.2, 0.25) is 0 Å². The minimum Gasteiger partial charge on any atom is -0.383 e. The zero-order valence-corrected chi connectivity index (χ0v) is 11.5. The van der Waals surface area contributed by atoms with Crippen LogP contribution in [0.15, 0.2) is 29.0 Å². The molecule has 1 fully saturated rings. The van der Waals surface area contributed by atoms with E-state index in [-0.39, 0.29) is 24.0 Å². The van der Waals surface area contributed by atoms with Crippen molar-refractivity contribution in [2.45, 2.75) is 42.9 Å². The third kappa shape index (κ3) is 1.88. The van der Waals surface area contributed by atoms with E-state index in [1.54, 1.807) is 0 Å². The average Bonchev–Trinajstić information content (AvgIpc) is 3.04. The van der Waals surface area contributed by atoms with Gasteiger partial charge in [-0.3, -0.25) is 4.98 Å². The molecule has 0 aliphatic heterocycles. The predicted octanol–water partition coefficient (Wildman–Crippen LogP) is 2.95. The summed E-state index contributed by atoms with van der Waals surface area (Å²) in [6.45, 7) is 0. The fourth-order valence-corrected chi connectivity index (χ4v) is 3.57. The highest BCUT2D eigenvalue weighted by Gasteiger charge is 2.59. The molecular formula is C15H13F3N2O2. The van der Waals surface area contributed by atoms with Crippen molar-refractivity contribution in [2.24, 2.45) is 0 Å². The van der Waals surface area contributed by atoms with Crippen molar-refractivity contribution in [1.82, 2.24) is 10.1 Å². The van der Waals surface area contributed by atoms with E-state index >= 15 is 0 Å². The molecule has 2 heterocycles. The minimum atomic E-state index is -4.55. The lowest BCUT2D eigenvalue weighted by Gasteiger charge is -2.36. The number of alkyl halides is 3. The molecule has 1 N–H and O–H groups in total. The molecule has 1 spiro atoms. The van der Waals surface area contributed by atoms with Gasteiger partial charge in [0.1, 0.15) is 11.4 Å². The summed E-state index contributed by atoms with van der Waals surface area (Å²) in [5.41, 5.74) is -2.56. The molecule has 2 aromatic heterocycles. The summed E-state index contributed by atoms with van der Waals surface area (Å²) >= 11 is 0. The Labute approximate surface area is 124 Å². The largest absolute Gasteiger partial charge is 0.418 e. The fourth-order valence-electron chi connectivity index (χ4n) is 3.57. The van der Waals surface area contributed by atoms with Crippen LogP contribution in [0.5, 0.6) is 0 Å². The van der Waals surface area contributed by atoms with Crippen molar-refractivity contribution in [3.63, 3.8) is 0 Å². The first-order chi connectivity index (χ1) is 10.3. The average molecular weight is 310 g/mol. The van der Waals surface area contributed by atoms with E-state index in [0.29, 0.717) is 11.3 Å². The maximum atomic E-state index is 13.2. The molecule has 0 aromatic carbocycles. The molecule has 2 aliphatic carbocycles. The molecule has 0 amide bonds. The van der Waals surface area contributed by atoms with Gasteiger partial charge in [-0.1, -0.05) is 5.16 Å². The first-order valence-corrected chi connectivity index (χ1v) is 7.03. The van der Waals surface area contributed by atoms with Gasteiger partial charge in [-0.2, -0.15) is 13.2 Å². The summed E-state index contributed by atoms with van der Waals surface area (Å²) in [5, 5.41) is 14.7. The predicted molar refractivity (Wildman–Crippen MR) is 68.9 cm³/mol. The molecule has 0 radical (unpaired) electrons. The summed E-state index contributed by atoms with van der Waals surface area (Å²) in [5.74, 6) is 0.710. The standard InChI is InChI=1S/C15H13F3N2O2/c16-15(17,18)10-2-1-5-19-11(10)14(21)6-9-7-20-22-12(9)13(8-14)3-4-13/h1-2,5,7,21H,3-4,6,8H2. The quantitative estimate of drug-likeness (QED) is 0.880. The second-order valence-electron chi connectivity index (χ2n) is 6.24. The maximum Gasteiger partial charge on any atom is 0.418 e. The third-order valence-electron chi connectivity index (χ3n) is 4.65. The van der Waals surface area contributed by atoms with Crippen LogP contribution >= 0.6 is 0 Å². The Morgan fingerprint density at radius 2 is 2.05 bits per heavy atom. The van der Waals surface area contributed by atoms with E-state index < -0.39 is 17.3 Å². The maximum absolute atomic E-state index is 13.2. The number of aromatic nitrogens is 2. The molecule has 2 aliphatic rings. The van der Waals surface area contributed by atoms with Crippen LogP contribution in [-0.4, -0.2) is 15.2 Å². The molecule has 2 aromatic rings. The first kappa shape index (κ1) is 13.8. The van der Waals surface area contributed by atoms with Gasteiger partial charge in [-0.25, -0.2) is 0 Å². The monoisotopic (exact) mass is 310 g/mol. The third-order valence-corrected chi connectivity index (χ3v) is 4.65. The van der Waals surface area contributed by atoms with E-state index in [0.717, 1.165) is 18.9 Å². The van der Waals surface area contributed by atoms with E-state index in [1.165, 1.54) is 18.5 Å². The van der Waals surface area contributed by atoms with Crippen molar-refractivity contribution in [3.05, 3.63) is 47.1 Å². The van der Waals surface area contributed by atoms with Crippen LogP contribution in [0.3, 0.4) is 0 Å². The van der Waals surface area contributed by atoms with Gasteiger partial charge >= 0.3 is 6.18 Å². The van der Waals surface area contributed by atoms with Crippen LogP contribution in [0, 0.1) is 0 Å². The highest BCUT2D eigenvalue weighted by atomic mass is 19.4. The van der Waals surface area contributed by atoms with Crippen LogP contribution in [0.25, 0.3) is 0 Å². The molecule has 0 saturated heterocycles. The smallest absolute Gasteiger partial charge is 0.383 e. The van der Waals surface area contributed by atoms with Gasteiger partial charge in [-0.05, 0) is 31.4 Å². The fraction of sp³-hybridized carbons (Fsp3) is 0.467. The second-order valence-corrected chi connectivity index (χ2v) is 6.24. The highest BCUT2D eigenvalue weighted by molar-refractivity contribution is 5.40. The minimum absolute atomic E-state index is 0.0354. The normalized spacial score (nSPS) is 26.0. The van der Waals surface area contributed by atoms with Gasteiger partial charge in [0.15, 0.2) is 0 Å². The Morgan fingerprint density at radius 1 is 1.27 bits per heavy atom. The number of pyridine rings is 1. The molecule has 1 saturated carbocycles. The summed E-state index contributed by atoms with van der Waals surface area (Å²) in [4.78, 5) is 3.87. The van der Waals surface area contributed by atoms with Crippen molar-refractivity contribution < 1.29 is 22.8 Å². The van der Waals surface area contributed by atoms with E-state index in [9.17, 15) is 18.3 Å². The molecule has 0 bridgehead atoms. The highest BCUT2D eigenvalue weighted by Crippen LogP contribution is 2.60. The SMILES string of the molecule is OC1(c2ncccc2C(F)(F)F)Cc2cnoc2C2(CC2)C1. The number of rotatable bonds is 1. The zero-order valence-electron chi connectivity index (χ0n) is 11.5. The van der Waals surface area contributed by atoms with Crippen molar-refractivity contribution >= 4 is 0 Å². The molecule has 4 nitrogen and oxygen atoms in total. The molecule has 116 valence electrons. The Kier molecular flexibility index (Phi) is 2.56. The van der Waals surface area contributed by atoms with Gasteiger partial charge < -0.3 is 9.63 Å². The Morgan fingerprint density at radius 3 is 2.73 bits per heavy atom. The Bertz CT molecular complexity index is 736. The Balaban J connectivity index is 1.84. The molecular weight excluding hydrogens is 297 g/mol. The Hall–Kier alpha value is -1.89. The van der Waals surface area contributed by atoms with E-state index in [1.807, 2.05) is 0 Å². The zero-order chi connectivity index (χ0) is 15.6. The summed E-state index contributed by atoms with van der Waals surface area (Å²) in [7, 11) is 0. The number of aliphatic hydroxyl groups is 1. The van der Waals surface area contributed by atoms with Crippen LogP contribution in [0.1, 0.15) is 41.8 Å². The van der Waals surface area contributed by atoms with Gasteiger partial charge in [0.05, 0.1) is 17.5 Å². The number of fused-ring (bicyclic) bond motifs is 2. The van der Waals surface area contributed by atoms with Crippen LogP contribution < -0.4 is 0 Å². The molecule has 1 atom stereocenters. The van der Waals surface area contributed by atoms with Crippen molar-refractivity contribution in [3.8, 4) is 0 Å². The molecule has 22 heavy (non-hydrogen) atoms. The van der Waals surface area contributed by atoms with E-state index in [2.05, 4.69) is 10.1 Å². The topological polar surface area (TPSA) is 59.2 Å². The summed E-state index contributed by atoms with van der Waals surface area (Å²) in [6, 6.07) is 2.19. The summed E-state index contributed by atoms with van der Waals surface area (Å²) < 4.78 is 45.0. The van der Waals surface area contributed by atoms with Gasteiger partial charge in [0, 0.05) is 23.6 Å². The molecule has 1 unspecified atom stereocenters. The van der Waals surface area contributed by atoms with Gasteiger partial charge in [-0.15, -0.1) is 0 Å². The lowest BCUT2D eigenvalue weighted by atomic mass is 9.73. The number of hydrogen-bond acceptors (Lipinski definition) is 4. The van der Waals surface area contributed by atoms with Crippen molar-refractivity contribution in [2.75, 3.05) is 0 Å². The lowest BCUT2D eigenvalue weighted by Crippen LogP contribution is -2.40. The van der Waals surface area contributed by atoms with Crippen LogP contribution in [0.2, 0.25) is 0 Å². The number of hydrogen-bond donors (Lipinski definition) is 1. The van der Waals surface area contributed by atoms with E-state index in [4.69, 9.17) is 4.52 Å². The van der Waals surface area contributed by atoms with Crippen LogP contribution in [-0.2, 0) is 23.6 Å². The van der Waals surface area contributed by atoms with Gasteiger partial charge in [0.25, 0.3) is 0 Å². The number of nitrogens with zero attached hydrogens (tertiary/aromatic N) is 2. The second kappa shape index (κ2) is 4.10.